The minimum absolute atomic E-state index is 0.387. The SMILES string of the molecule is O=CN(C(=O)Nc1cccc(-c2ccccn2)c1)c1ccc2c(c1)OCCO2. The van der Waals surface area contributed by atoms with Crippen LogP contribution in [0.5, 0.6) is 11.5 Å². The maximum atomic E-state index is 12.7. The molecular weight excluding hydrogens is 358 g/mol. The summed E-state index contributed by atoms with van der Waals surface area (Å²) in [6, 6.07) is 17.2. The zero-order valence-corrected chi connectivity index (χ0v) is 14.9. The molecule has 7 nitrogen and oxygen atoms in total. The van der Waals surface area contributed by atoms with Gasteiger partial charge in [-0.15, -0.1) is 0 Å². The van der Waals surface area contributed by atoms with Crippen LogP contribution in [0.25, 0.3) is 11.3 Å². The van der Waals surface area contributed by atoms with Crippen LogP contribution < -0.4 is 19.7 Å². The van der Waals surface area contributed by atoms with E-state index in [-0.39, 0.29) is 0 Å². The summed E-state index contributed by atoms with van der Waals surface area (Å²) in [6.45, 7) is 0.890. The summed E-state index contributed by atoms with van der Waals surface area (Å²) in [7, 11) is 0. The van der Waals surface area contributed by atoms with Crippen molar-refractivity contribution in [1.82, 2.24) is 4.98 Å². The fraction of sp³-hybridized carbons (Fsp3) is 0.0952. The molecule has 3 amide bonds. The Morgan fingerprint density at radius 2 is 1.86 bits per heavy atom. The van der Waals surface area contributed by atoms with Crippen LogP contribution in [-0.2, 0) is 4.79 Å². The van der Waals surface area contributed by atoms with Gasteiger partial charge in [-0.2, -0.15) is 0 Å². The van der Waals surface area contributed by atoms with Gasteiger partial charge in [-0.3, -0.25) is 9.78 Å². The molecule has 7 heteroatoms. The monoisotopic (exact) mass is 375 g/mol. The Morgan fingerprint density at radius 3 is 2.64 bits per heavy atom. The van der Waals surface area contributed by atoms with Crippen molar-refractivity contribution in [2.45, 2.75) is 0 Å². The van der Waals surface area contributed by atoms with Crippen LogP contribution in [0.3, 0.4) is 0 Å². The van der Waals surface area contributed by atoms with Crippen molar-refractivity contribution in [3.05, 3.63) is 66.9 Å². The minimum atomic E-state index is -0.579. The highest BCUT2D eigenvalue weighted by Gasteiger charge is 2.19. The lowest BCUT2D eigenvalue weighted by Crippen LogP contribution is -2.33. The van der Waals surface area contributed by atoms with Crippen LogP contribution in [0, 0.1) is 0 Å². The third kappa shape index (κ3) is 3.64. The zero-order valence-electron chi connectivity index (χ0n) is 14.9. The summed E-state index contributed by atoms with van der Waals surface area (Å²) in [5.41, 5.74) is 2.59. The number of pyridine rings is 1. The van der Waals surface area contributed by atoms with E-state index in [1.807, 2.05) is 30.3 Å². The Balaban J connectivity index is 1.55. The van der Waals surface area contributed by atoms with Gasteiger partial charge in [-0.1, -0.05) is 18.2 Å². The van der Waals surface area contributed by atoms with Gasteiger partial charge in [0.25, 0.3) is 0 Å². The predicted octanol–water partition coefficient (Wildman–Crippen LogP) is 3.71. The number of aromatic nitrogens is 1. The molecule has 0 saturated heterocycles. The van der Waals surface area contributed by atoms with Crippen LogP contribution in [0.4, 0.5) is 16.2 Å². The number of nitrogens with zero attached hydrogens (tertiary/aromatic N) is 2. The van der Waals surface area contributed by atoms with Crippen molar-refractivity contribution >= 4 is 23.8 Å². The number of nitrogens with one attached hydrogen (secondary N) is 1. The molecule has 2 aromatic carbocycles. The van der Waals surface area contributed by atoms with Crippen molar-refractivity contribution in [1.29, 1.82) is 0 Å². The fourth-order valence-corrected chi connectivity index (χ4v) is 2.88. The van der Waals surface area contributed by atoms with Crippen molar-refractivity contribution in [2.75, 3.05) is 23.4 Å². The highest BCUT2D eigenvalue weighted by molar-refractivity contribution is 6.12. The summed E-state index contributed by atoms with van der Waals surface area (Å²) < 4.78 is 11.0. The van der Waals surface area contributed by atoms with Gasteiger partial charge < -0.3 is 14.8 Å². The number of rotatable bonds is 4. The number of hydrogen-bond donors (Lipinski definition) is 1. The average molecular weight is 375 g/mol. The lowest BCUT2D eigenvalue weighted by Gasteiger charge is -2.21. The van der Waals surface area contributed by atoms with E-state index in [0.717, 1.165) is 16.2 Å². The molecule has 0 spiro atoms. The van der Waals surface area contributed by atoms with Gasteiger partial charge in [-0.25, -0.2) is 9.69 Å². The van der Waals surface area contributed by atoms with E-state index in [9.17, 15) is 9.59 Å². The van der Waals surface area contributed by atoms with Crippen LogP contribution in [0.15, 0.2) is 66.9 Å². The van der Waals surface area contributed by atoms with Crippen LogP contribution in [0.2, 0.25) is 0 Å². The molecule has 140 valence electrons. The highest BCUT2D eigenvalue weighted by Crippen LogP contribution is 2.34. The number of carbonyl (C=O) groups is 2. The van der Waals surface area contributed by atoms with Gasteiger partial charge in [0.15, 0.2) is 11.5 Å². The molecule has 0 unspecified atom stereocenters. The molecule has 0 radical (unpaired) electrons. The first-order valence-corrected chi connectivity index (χ1v) is 8.71. The maximum Gasteiger partial charge on any atom is 0.332 e. The molecule has 1 N–H and O–H groups in total. The largest absolute Gasteiger partial charge is 0.486 e. The van der Waals surface area contributed by atoms with E-state index in [1.165, 1.54) is 0 Å². The number of ether oxygens (including phenoxy) is 2. The van der Waals surface area contributed by atoms with Crippen molar-refractivity contribution in [3.63, 3.8) is 0 Å². The standard InChI is InChI=1S/C21H17N3O4/c25-14-24(17-7-8-19-20(13-17)28-11-10-27-19)21(26)23-16-5-3-4-15(12-16)18-6-1-2-9-22-18/h1-9,12-14H,10-11H2,(H,23,26). The molecule has 0 atom stereocenters. The maximum absolute atomic E-state index is 12.7. The first kappa shape index (κ1) is 17.5. The number of hydrogen-bond acceptors (Lipinski definition) is 5. The second-order valence-electron chi connectivity index (χ2n) is 6.03. The molecule has 3 aromatic rings. The number of benzene rings is 2. The minimum Gasteiger partial charge on any atom is -0.486 e. The zero-order chi connectivity index (χ0) is 19.3. The molecular formula is C21H17N3O4. The van der Waals surface area contributed by atoms with Gasteiger partial charge in [0.05, 0.1) is 11.4 Å². The Kier molecular flexibility index (Phi) is 4.88. The first-order valence-electron chi connectivity index (χ1n) is 8.71. The van der Waals surface area contributed by atoms with E-state index < -0.39 is 6.03 Å². The molecule has 0 saturated carbocycles. The first-order chi connectivity index (χ1) is 13.7. The van der Waals surface area contributed by atoms with E-state index in [0.29, 0.717) is 42.5 Å². The Labute approximate surface area is 161 Å². The number of fused-ring (bicyclic) bond motifs is 1. The third-order valence-corrected chi connectivity index (χ3v) is 4.20. The average Bonchev–Trinajstić information content (AvgIpc) is 2.75. The van der Waals surface area contributed by atoms with Gasteiger partial charge in [0.2, 0.25) is 6.41 Å². The van der Waals surface area contributed by atoms with Gasteiger partial charge in [0.1, 0.15) is 13.2 Å². The molecule has 0 fully saturated rings. The van der Waals surface area contributed by atoms with E-state index in [2.05, 4.69) is 10.3 Å². The quantitative estimate of drug-likeness (QED) is 0.703. The topological polar surface area (TPSA) is 80.8 Å². The summed E-state index contributed by atoms with van der Waals surface area (Å²) in [6.07, 6.45) is 2.17. The van der Waals surface area contributed by atoms with E-state index >= 15 is 0 Å². The van der Waals surface area contributed by atoms with Gasteiger partial charge >= 0.3 is 6.03 Å². The molecule has 1 aromatic heterocycles. The Morgan fingerprint density at radius 1 is 1.00 bits per heavy atom. The number of amides is 3. The van der Waals surface area contributed by atoms with Crippen LogP contribution in [0.1, 0.15) is 0 Å². The molecule has 1 aliphatic heterocycles. The van der Waals surface area contributed by atoms with Gasteiger partial charge in [0, 0.05) is 23.5 Å². The number of urea groups is 1. The molecule has 2 heterocycles. The summed E-state index contributed by atoms with van der Waals surface area (Å²) in [5.74, 6) is 1.09. The molecule has 28 heavy (non-hydrogen) atoms. The summed E-state index contributed by atoms with van der Waals surface area (Å²) >= 11 is 0. The van der Waals surface area contributed by atoms with Crippen LogP contribution in [-0.4, -0.2) is 30.6 Å². The smallest absolute Gasteiger partial charge is 0.332 e. The Bertz CT molecular complexity index is 1010. The highest BCUT2D eigenvalue weighted by atomic mass is 16.6. The molecule has 4 rings (SSSR count). The van der Waals surface area contributed by atoms with E-state index in [1.54, 1.807) is 36.5 Å². The second-order valence-corrected chi connectivity index (χ2v) is 6.03. The number of carbonyl (C=O) groups excluding carboxylic acids is 2. The number of anilines is 2. The van der Waals surface area contributed by atoms with Crippen molar-refractivity contribution in [2.24, 2.45) is 0 Å². The summed E-state index contributed by atoms with van der Waals surface area (Å²) in [4.78, 5) is 29.5. The fourth-order valence-electron chi connectivity index (χ4n) is 2.88. The summed E-state index contributed by atoms with van der Waals surface area (Å²) in [5, 5.41) is 2.74. The second kappa shape index (κ2) is 7.79. The number of imide groups is 1. The Hall–Kier alpha value is -3.87. The predicted molar refractivity (Wildman–Crippen MR) is 105 cm³/mol. The molecule has 0 aliphatic carbocycles. The van der Waals surface area contributed by atoms with Crippen LogP contribution >= 0.6 is 0 Å². The lowest BCUT2D eigenvalue weighted by molar-refractivity contribution is -0.106. The normalized spacial score (nSPS) is 12.1. The third-order valence-electron chi connectivity index (χ3n) is 4.20. The van der Waals surface area contributed by atoms with Crippen molar-refractivity contribution in [3.8, 4) is 22.8 Å². The van der Waals surface area contributed by atoms with Crippen molar-refractivity contribution < 1.29 is 19.1 Å². The molecule has 0 bridgehead atoms. The van der Waals surface area contributed by atoms with E-state index in [4.69, 9.17) is 9.47 Å². The van der Waals surface area contributed by atoms with Gasteiger partial charge in [-0.05, 0) is 36.4 Å². The lowest BCUT2D eigenvalue weighted by atomic mass is 10.1. The molecule has 1 aliphatic rings.